The molecule has 0 bridgehead atoms. The third-order valence-electron chi connectivity index (χ3n) is 4.26. The molecule has 144 valence electrons. The van der Waals surface area contributed by atoms with E-state index in [4.69, 9.17) is 21.0 Å². The van der Waals surface area contributed by atoms with E-state index in [0.717, 1.165) is 28.7 Å². The fraction of sp³-hybridized carbons (Fsp3) is 0.211. The second-order valence-electron chi connectivity index (χ2n) is 6.28. The van der Waals surface area contributed by atoms with E-state index in [0.29, 0.717) is 21.4 Å². The maximum atomic E-state index is 13.1. The largest absolute Gasteiger partial charge is 0.444 e. The van der Waals surface area contributed by atoms with Crippen LogP contribution >= 0.6 is 38.9 Å². The summed E-state index contributed by atoms with van der Waals surface area (Å²) in [6.07, 6.45) is 6.15. The second kappa shape index (κ2) is 8.06. The topological polar surface area (TPSA) is 64.2 Å². The Kier molecular flexibility index (Phi) is 5.52. The molecule has 9 heteroatoms. The standard InChI is InChI=1S/C19H16BrClN4O2S/c1-12-9-13(21)10-15-17(12)23-19(28-15)25(7-2-6-24-8-5-22-11-24)18(26)14-3-4-16(20)27-14/h3-5,8-11H,2,6-7H2,1H3. The Morgan fingerprint density at radius 3 is 2.96 bits per heavy atom. The summed E-state index contributed by atoms with van der Waals surface area (Å²) < 4.78 is 8.93. The number of hydrogen-bond acceptors (Lipinski definition) is 5. The Morgan fingerprint density at radius 1 is 1.39 bits per heavy atom. The summed E-state index contributed by atoms with van der Waals surface area (Å²) >= 11 is 10.9. The molecule has 0 radical (unpaired) electrons. The van der Waals surface area contributed by atoms with Gasteiger partial charge >= 0.3 is 0 Å². The molecule has 0 spiro atoms. The van der Waals surface area contributed by atoms with Crippen LogP contribution in [0.25, 0.3) is 10.2 Å². The second-order valence-corrected chi connectivity index (χ2v) is 8.51. The van der Waals surface area contributed by atoms with Crippen molar-refractivity contribution in [2.75, 3.05) is 11.4 Å². The molecule has 3 aromatic heterocycles. The van der Waals surface area contributed by atoms with Gasteiger partial charge in [0.05, 0.1) is 16.5 Å². The molecule has 28 heavy (non-hydrogen) atoms. The first-order valence-corrected chi connectivity index (χ1v) is 10.6. The number of imidazole rings is 1. The number of halogens is 2. The van der Waals surface area contributed by atoms with Gasteiger partial charge < -0.3 is 8.98 Å². The number of benzene rings is 1. The van der Waals surface area contributed by atoms with E-state index in [1.165, 1.54) is 11.3 Å². The van der Waals surface area contributed by atoms with E-state index in [1.807, 2.05) is 29.8 Å². The fourth-order valence-corrected chi connectivity index (χ4v) is 4.69. The molecule has 0 saturated carbocycles. The number of carbonyl (C=O) groups is 1. The molecular formula is C19H16BrClN4O2S. The van der Waals surface area contributed by atoms with Crippen molar-refractivity contribution in [2.45, 2.75) is 19.9 Å². The van der Waals surface area contributed by atoms with Crippen LogP contribution in [0.2, 0.25) is 5.02 Å². The van der Waals surface area contributed by atoms with Gasteiger partial charge in [-0.15, -0.1) is 0 Å². The maximum absolute atomic E-state index is 13.1. The van der Waals surface area contributed by atoms with Crippen molar-refractivity contribution in [1.29, 1.82) is 0 Å². The lowest BCUT2D eigenvalue weighted by molar-refractivity contribution is 0.0958. The number of aryl methyl sites for hydroxylation is 2. The number of carbonyl (C=O) groups excluding carboxylic acids is 1. The number of furan rings is 1. The summed E-state index contributed by atoms with van der Waals surface area (Å²) in [4.78, 5) is 23.5. The molecule has 0 fully saturated rings. The number of amides is 1. The summed E-state index contributed by atoms with van der Waals surface area (Å²) in [5.74, 6) is 0.0441. The van der Waals surface area contributed by atoms with Gasteiger partial charge in [-0.05, 0) is 59.1 Å². The highest BCUT2D eigenvalue weighted by Crippen LogP contribution is 2.34. The molecule has 0 aliphatic carbocycles. The lowest BCUT2D eigenvalue weighted by Gasteiger charge is -2.18. The highest BCUT2D eigenvalue weighted by atomic mass is 79.9. The summed E-state index contributed by atoms with van der Waals surface area (Å²) in [6, 6.07) is 7.12. The van der Waals surface area contributed by atoms with Crippen molar-refractivity contribution in [3.8, 4) is 0 Å². The van der Waals surface area contributed by atoms with Crippen LogP contribution < -0.4 is 4.90 Å². The monoisotopic (exact) mass is 478 g/mol. The Balaban J connectivity index is 1.65. The van der Waals surface area contributed by atoms with Crippen molar-refractivity contribution in [1.82, 2.24) is 14.5 Å². The van der Waals surface area contributed by atoms with Gasteiger partial charge in [0.25, 0.3) is 5.91 Å². The molecule has 4 aromatic rings. The van der Waals surface area contributed by atoms with E-state index >= 15 is 0 Å². The molecule has 4 rings (SSSR count). The van der Waals surface area contributed by atoms with Gasteiger partial charge in [-0.1, -0.05) is 22.9 Å². The van der Waals surface area contributed by atoms with Gasteiger partial charge in [0.15, 0.2) is 15.6 Å². The summed E-state index contributed by atoms with van der Waals surface area (Å²) in [7, 11) is 0. The molecule has 0 atom stereocenters. The summed E-state index contributed by atoms with van der Waals surface area (Å²) in [5.41, 5.74) is 1.84. The smallest absolute Gasteiger partial charge is 0.295 e. The van der Waals surface area contributed by atoms with Gasteiger partial charge in [0.1, 0.15) is 0 Å². The van der Waals surface area contributed by atoms with Crippen LogP contribution in [0.1, 0.15) is 22.5 Å². The Labute approximate surface area is 178 Å². The van der Waals surface area contributed by atoms with E-state index < -0.39 is 0 Å². The molecular weight excluding hydrogens is 464 g/mol. The molecule has 0 saturated heterocycles. The lowest BCUT2D eigenvalue weighted by atomic mass is 10.2. The minimum atomic E-state index is -0.223. The number of aromatic nitrogens is 3. The zero-order valence-corrected chi connectivity index (χ0v) is 18.1. The first-order valence-electron chi connectivity index (χ1n) is 8.61. The van der Waals surface area contributed by atoms with Crippen LogP contribution in [-0.4, -0.2) is 27.0 Å². The van der Waals surface area contributed by atoms with Gasteiger partial charge in [0.2, 0.25) is 0 Å². The average molecular weight is 480 g/mol. The van der Waals surface area contributed by atoms with E-state index in [2.05, 4.69) is 20.9 Å². The van der Waals surface area contributed by atoms with Gasteiger partial charge in [-0.3, -0.25) is 9.69 Å². The Bertz CT molecular complexity index is 1120. The van der Waals surface area contributed by atoms with E-state index in [-0.39, 0.29) is 11.7 Å². The van der Waals surface area contributed by atoms with Gasteiger partial charge in [-0.2, -0.15) is 0 Å². The lowest BCUT2D eigenvalue weighted by Crippen LogP contribution is -2.32. The molecule has 0 aliphatic heterocycles. The highest BCUT2D eigenvalue weighted by molar-refractivity contribution is 9.10. The fourth-order valence-electron chi connectivity index (χ4n) is 2.93. The van der Waals surface area contributed by atoms with Crippen molar-refractivity contribution in [2.24, 2.45) is 0 Å². The number of rotatable bonds is 6. The zero-order valence-electron chi connectivity index (χ0n) is 14.9. The van der Waals surface area contributed by atoms with Crippen LogP contribution in [0.4, 0.5) is 5.13 Å². The maximum Gasteiger partial charge on any atom is 0.295 e. The SMILES string of the molecule is Cc1cc(Cl)cc2sc(N(CCCn3ccnc3)C(=O)c3ccc(Br)o3)nc12. The number of fused-ring (bicyclic) bond motifs is 1. The van der Waals surface area contributed by atoms with Crippen molar-refractivity contribution in [3.63, 3.8) is 0 Å². The third kappa shape index (κ3) is 3.99. The number of anilines is 1. The quantitative estimate of drug-likeness (QED) is 0.364. The van der Waals surface area contributed by atoms with Crippen molar-refractivity contribution < 1.29 is 9.21 Å². The molecule has 0 unspecified atom stereocenters. The molecule has 1 amide bonds. The van der Waals surface area contributed by atoms with E-state index in [9.17, 15) is 4.79 Å². The summed E-state index contributed by atoms with van der Waals surface area (Å²) in [6.45, 7) is 3.22. The molecule has 1 aromatic carbocycles. The van der Waals surface area contributed by atoms with Crippen LogP contribution in [0, 0.1) is 6.92 Å². The average Bonchev–Trinajstić information content (AvgIpc) is 3.38. The van der Waals surface area contributed by atoms with Crippen LogP contribution in [0.5, 0.6) is 0 Å². The first-order chi connectivity index (χ1) is 13.5. The predicted octanol–water partition coefficient (Wildman–Crippen LogP) is 5.55. The van der Waals surface area contributed by atoms with Crippen molar-refractivity contribution in [3.05, 3.63) is 64.0 Å². The summed E-state index contributed by atoms with van der Waals surface area (Å²) in [5, 5.41) is 1.29. The van der Waals surface area contributed by atoms with Crippen LogP contribution in [0.3, 0.4) is 0 Å². The normalized spacial score (nSPS) is 11.2. The van der Waals surface area contributed by atoms with Gasteiger partial charge in [0, 0.05) is 30.5 Å². The molecule has 0 aliphatic rings. The number of nitrogens with zero attached hydrogens (tertiary/aromatic N) is 4. The third-order valence-corrected chi connectivity index (χ3v) is 5.93. The number of thiazole rings is 1. The number of hydrogen-bond donors (Lipinski definition) is 0. The predicted molar refractivity (Wildman–Crippen MR) is 114 cm³/mol. The van der Waals surface area contributed by atoms with Crippen LogP contribution in [-0.2, 0) is 6.54 Å². The van der Waals surface area contributed by atoms with Gasteiger partial charge in [-0.25, -0.2) is 9.97 Å². The Hall–Kier alpha value is -2.16. The highest BCUT2D eigenvalue weighted by Gasteiger charge is 2.24. The molecule has 0 N–H and O–H groups in total. The minimum absolute atomic E-state index is 0.223. The zero-order chi connectivity index (χ0) is 19.7. The van der Waals surface area contributed by atoms with Crippen molar-refractivity contribution >= 4 is 60.1 Å². The minimum Gasteiger partial charge on any atom is -0.444 e. The molecule has 3 heterocycles. The molecule has 6 nitrogen and oxygen atoms in total. The van der Waals surface area contributed by atoms with E-state index in [1.54, 1.807) is 29.6 Å². The first kappa shape index (κ1) is 19.2. The Morgan fingerprint density at radius 2 is 2.25 bits per heavy atom. The van der Waals surface area contributed by atoms with Crippen LogP contribution in [0.15, 0.2) is 52.1 Å².